The average molecular weight is 364 g/mol. The number of fused-ring (bicyclic) bond motifs is 2. The maximum absolute atomic E-state index is 11.5. The van der Waals surface area contributed by atoms with Crippen LogP contribution in [0.4, 0.5) is 0 Å². The van der Waals surface area contributed by atoms with Crippen molar-refractivity contribution < 1.29 is 18.3 Å². The average Bonchev–Trinajstić information content (AvgIpc) is 3.15. The van der Waals surface area contributed by atoms with Crippen LogP contribution in [0.25, 0.3) is 21.9 Å². The van der Waals surface area contributed by atoms with Crippen LogP contribution >= 0.6 is 0 Å². The van der Waals surface area contributed by atoms with Gasteiger partial charge in [0, 0.05) is 18.6 Å². The normalized spacial score (nSPS) is 11.1. The molecule has 2 aromatic carbocycles. The predicted octanol–water partition coefficient (Wildman–Crippen LogP) is 4.95. The summed E-state index contributed by atoms with van der Waals surface area (Å²) in [4.78, 5) is 11.5. The fraction of sp³-hybridized carbons (Fsp3) is 0.227. The fourth-order valence-electron chi connectivity index (χ4n) is 3.01. The Kier molecular flexibility index (Phi) is 4.83. The highest BCUT2D eigenvalue weighted by molar-refractivity contribution is 6.01. The standard InChI is InChI=1S/C22H20O5/c1-2-15-4-6-16(7-5-15)24-11-3-12-26-22-17-8-9-21(23)27-20(17)14-19-18(22)10-13-25-19/h4-10,13-14H,2-3,11-12H2,1H3. The van der Waals surface area contributed by atoms with Crippen LogP contribution in [0, 0.1) is 0 Å². The minimum Gasteiger partial charge on any atom is -0.493 e. The largest absolute Gasteiger partial charge is 0.493 e. The molecule has 2 aromatic heterocycles. The van der Waals surface area contributed by atoms with E-state index in [1.807, 2.05) is 18.2 Å². The predicted molar refractivity (Wildman–Crippen MR) is 104 cm³/mol. The monoisotopic (exact) mass is 364 g/mol. The Bertz CT molecular complexity index is 1110. The van der Waals surface area contributed by atoms with E-state index < -0.39 is 5.63 Å². The Morgan fingerprint density at radius 3 is 2.48 bits per heavy atom. The maximum atomic E-state index is 11.5. The molecule has 138 valence electrons. The van der Waals surface area contributed by atoms with E-state index in [2.05, 4.69) is 19.1 Å². The van der Waals surface area contributed by atoms with Gasteiger partial charge in [0.1, 0.15) is 22.7 Å². The molecular formula is C22H20O5. The molecule has 0 aliphatic carbocycles. The number of furan rings is 1. The van der Waals surface area contributed by atoms with E-state index in [-0.39, 0.29) is 0 Å². The summed E-state index contributed by atoms with van der Waals surface area (Å²) in [6, 6.07) is 14.8. The summed E-state index contributed by atoms with van der Waals surface area (Å²) in [6.07, 6.45) is 3.33. The van der Waals surface area contributed by atoms with E-state index in [1.54, 1.807) is 18.4 Å². The van der Waals surface area contributed by atoms with E-state index in [9.17, 15) is 4.79 Å². The van der Waals surface area contributed by atoms with E-state index in [0.717, 1.165) is 29.4 Å². The Hall–Kier alpha value is -3.21. The van der Waals surface area contributed by atoms with E-state index in [4.69, 9.17) is 18.3 Å². The van der Waals surface area contributed by atoms with Gasteiger partial charge in [-0.1, -0.05) is 19.1 Å². The smallest absolute Gasteiger partial charge is 0.336 e. The van der Waals surface area contributed by atoms with Gasteiger partial charge < -0.3 is 18.3 Å². The van der Waals surface area contributed by atoms with Crippen LogP contribution in [0.1, 0.15) is 18.9 Å². The maximum Gasteiger partial charge on any atom is 0.336 e. The summed E-state index contributed by atoms with van der Waals surface area (Å²) in [5, 5.41) is 1.60. The minimum absolute atomic E-state index is 0.401. The Balaban J connectivity index is 1.43. The number of hydrogen-bond donors (Lipinski definition) is 0. The highest BCUT2D eigenvalue weighted by Gasteiger charge is 2.13. The van der Waals surface area contributed by atoms with Gasteiger partial charge in [0.25, 0.3) is 0 Å². The summed E-state index contributed by atoms with van der Waals surface area (Å²) < 4.78 is 22.5. The van der Waals surface area contributed by atoms with Gasteiger partial charge in [-0.05, 0) is 36.2 Å². The van der Waals surface area contributed by atoms with E-state index in [0.29, 0.717) is 30.1 Å². The first-order valence-electron chi connectivity index (χ1n) is 9.03. The molecule has 4 aromatic rings. The van der Waals surface area contributed by atoms with Crippen molar-refractivity contribution in [3.63, 3.8) is 0 Å². The van der Waals surface area contributed by atoms with Gasteiger partial charge in [-0.15, -0.1) is 0 Å². The molecular weight excluding hydrogens is 344 g/mol. The molecule has 0 atom stereocenters. The topological polar surface area (TPSA) is 61.8 Å². The van der Waals surface area contributed by atoms with Crippen molar-refractivity contribution in [3.8, 4) is 11.5 Å². The minimum atomic E-state index is -0.401. The van der Waals surface area contributed by atoms with Gasteiger partial charge in [-0.2, -0.15) is 0 Å². The molecule has 0 fully saturated rings. The molecule has 0 bridgehead atoms. The Morgan fingerprint density at radius 1 is 0.889 bits per heavy atom. The molecule has 0 aliphatic heterocycles. The second-order valence-corrected chi connectivity index (χ2v) is 6.25. The van der Waals surface area contributed by atoms with Crippen LogP contribution in [0.5, 0.6) is 11.5 Å². The van der Waals surface area contributed by atoms with E-state index >= 15 is 0 Å². The van der Waals surface area contributed by atoms with Gasteiger partial charge in [0.05, 0.1) is 30.2 Å². The van der Waals surface area contributed by atoms with Crippen LogP contribution in [0.3, 0.4) is 0 Å². The lowest BCUT2D eigenvalue weighted by Gasteiger charge is -2.11. The van der Waals surface area contributed by atoms with Crippen molar-refractivity contribution >= 4 is 21.9 Å². The SMILES string of the molecule is CCc1ccc(OCCCOc2c3ccoc3cc3oc(=O)ccc23)cc1. The summed E-state index contributed by atoms with van der Waals surface area (Å²) in [5.74, 6) is 1.52. The van der Waals surface area contributed by atoms with Gasteiger partial charge in [-0.3, -0.25) is 0 Å². The summed E-state index contributed by atoms with van der Waals surface area (Å²) >= 11 is 0. The molecule has 27 heavy (non-hydrogen) atoms. The lowest BCUT2D eigenvalue weighted by molar-refractivity contribution is 0.250. The lowest BCUT2D eigenvalue weighted by Crippen LogP contribution is -2.06. The van der Waals surface area contributed by atoms with Gasteiger partial charge in [-0.25, -0.2) is 4.79 Å². The van der Waals surface area contributed by atoms with Crippen molar-refractivity contribution in [2.45, 2.75) is 19.8 Å². The van der Waals surface area contributed by atoms with Crippen molar-refractivity contribution in [1.82, 2.24) is 0 Å². The summed E-state index contributed by atoms with van der Waals surface area (Å²) in [6.45, 7) is 3.16. The van der Waals surface area contributed by atoms with Crippen LogP contribution in [0.15, 0.2) is 68.4 Å². The molecule has 0 amide bonds. The van der Waals surface area contributed by atoms with Gasteiger partial charge >= 0.3 is 5.63 Å². The van der Waals surface area contributed by atoms with Gasteiger partial charge in [0.15, 0.2) is 0 Å². The number of aryl methyl sites for hydroxylation is 1. The third-order valence-corrected chi connectivity index (χ3v) is 4.44. The molecule has 0 radical (unpaired) electrons. The molecule has 0 unspecified atom stereocenters. The Labute approximate surface area is 156 Å². The summed E-state index contributed by atoms with van der Waals surface area (Å²) in [7, 11) is 0. The fourth-order valence-corrected chi connectivity index (χ4v) is 3.01. The molecule has 5 heteroatoms. The molecule has 5 nitrogen and oxygen atoms in total. The second kappa shape index (κ2) is 7.58. The molecule has 0 saturated heterocycles. The molecule has 0 spiro atoms. The zero-order valence-electron chi connectivity index (χ0n) is 15.1. The zero-order chi connectivity index (χ0) is 18.6. The van der Waals surface area contributed by atoms with Crippen molar-refractivity contribution in [1.29, 1.82) is 0 Å². The number of hydrogen-bond acceptors (Lipinski definition) is 5. The third-order valence-electron chi connectivity index (χ3n) is 4.44. The van der Waals surface area contributed by atoms with Crippen LogP contribution in [-0.2, 0) is 6.42 Å². The van der Waals surface area contributed by atoms with Crippen LogP contribution < -0.4 is 15.1 Å². The molecule has 2 heterocycles. The first-order chi connectivity index (χ1) is 13.2. The number of rotatable bonds is 7. The highest BCUT2D eigenvalue weighted by atomic mass is 16.5. The third kappa shape index (κ3) is 3.67. The van der Waals surface area contributed by atoms with Crippen LogP contribution in [-0.4, -0.2) is 13.2 Å². The first kappa shape index (κ1) is 17.2. The van der Waals surface area contributed by atoms with Gasteiger partial charge in [0.2, 0.25) is 0 Å². The summed E-state index contributed by atoms with van der Waals surface area (Å²) in [5.41, 5.74) is 1.96. The Morgan fingerprint density at radius 2 is 1.67 bits per heavy atom. The molecule has 0 aliphatic rings. The molecule has 0 N–H and O–H groups in total. The van der Waals surface area contributed by atoms with Crippen molar-refractivity contribution in [3.05, 3.63) is 70.8 Å². The van der Waals surface area contributed by atoms with Crippen molar-refractivity contribution in [2.75, 3.05) is 13.2 Å². The molecule has 0 saturated carbocycles. The second-order valence-electron chi connectivity index (χ2n) is 6.25. The number of ether oxygens (including phenoxy) is 2. The first-order valence-corrected chi connectivity index (χ1v) is 9.03. The zero-order valence-corrected chi connectivity index (χ0v) is 15.1. The molecule has 4 rings (SSSR count). The quantitative estimate of drug-likeness (QED) is 0.343. The van der Waals surface area contributed by atoms with Crippen LogP contribution in [0.2, 0.25) is 0 Å². The highest BCUT2D eigenvalue weighted by Crippen LogP contribution is 2.35. The van der Waals surface area contributed by atoms with E-state index in [1.165, 1.54) is 11.6 Å². The van der Waals surface area contributed by atoms with Crippen molar-refractivity contribution in [2.24, 2.45) is 0 Å². The number of benzene rings is 2. The lowest BCUT2D eigenvalue weighted by atomic mass is 10.1.